The zero-order valence-corrected chi connectivity index (χ0v) is 35.5. The number of carbonyl (C=O) groups is 8. The molecule has 1 saturated heterocycles. The Morgan fingerprint density at radius 1 is 0.754 bits per heavy atom. The van der Waals surface area contributed by atoms with Crippen molar-refractivity contribution in [3.05, 3.63) is 83.9 Å². The minimum atomic E-state index is -2.04. The second-order valence-corrected chi connectivity index (χ2v) is 15.3. The van der Waals surface area contributed by atoms with Crippen molar-refractivity contribution in [1.29, 1.82) is 0 Å². The van der Waals surface area contributed by atoms with Crippen molar-refractivity contribution < 1.29 is 71.5 Å². The van der Waals surface area contributed by atoms with Crippen LogP contribution in [-0.2, 0) is 73.2 Å². The molecule has 1 fully saturated rings. The number of esters is 6. The standard InChI is InChI=1S/C43H48N2O15S/c1-24-8-18-34(19-9-24)61-43(42(53)54-7)21-35(57-27(4)48)39(45-38(52)23-55-25(2)46)41(60-43)40(59-29(6)50)36(58-28(5)49)22-44-37(51)20-30-10-12-31(13-11-30)32-14-16-33(17-15-32)56-26(3)47/h8-19,35-36,39-41H,20-23H2,1-7H3,(H,44,51)(H,45,52)/t35-,36+,39+,40+,41+,43+/m0/s1. The summed E-state index contributed by atoms with van der Waals surface area (Å²) >= 11 is 0.901. The zero-order chi connectivity index (χ0) is 44.9. The molecule has 3 aromatic rings. The summed E-state index contributed by atoms with van der Waals surface area (Å²) in [5, 5.41) is 5.31. The van der Waals surface area contributed by atoms with E-state index in [-0.39, 0.29) is 6.42 Å². The molecule has 6 atom stereocenters. The maximum absolute atomic E-state index is 13.9. The molecule has 0 spiro atoms. The molecule has 18 heteroatoms. The van der Waals surface area contributed by atoms with Crippen LogP contribution in [0.3, 0.4) is 0 Å². The number of amides is 2. The van der Waals surface area contributed by atoms with E-state index in [1.807, 2.05) is 6.92 Å². The van der Waals surface area contributed by atoms with E-state index in [2.05, 4.69) is 10.6 Å². The molecule has 1 aliphatic rings. The van der Waals surface area contributed by atoms with Gasteiger partial charge in [-0.05, 0) is 47.9 Å². The van der Waals surface area contributed by atoms with Crippen molar-refractivity contribution in [3.63, 3.8) is 0 Å². The number of carbonyl (C=O) groups excluding carboxylic acids is 8. The summed E-state index contributed by atoms with van der Waals surface area (Å²) in [6.07, 6.45) is -6.83. The smallest absolute Gasteiger partial charge is 0.349 e. The number of hydrogen-bond acceptors (Lipinski definition) is 16. The fourth-order valence-corrected chi connectivity index (χ4v) is 7.67. The van der Waals surface area contributed by atoms with Gasteiger partial charge in [0.25, 0.3) is 5.91 Å². The fourth-order valence-electron chi connectivity index (χ4n) is 6.45. The van der Waals surface area contributed by atoms with Gasteiger partial charge in [0.05, 0.1) is 26.1 Å². The molecule has 0 aliphatic carbocycles. The van der Waals surface area contributed by atoms with E-state index in [4.69, 9.17) is 33.2 Å². The third-order valence-corrected chi connectivity index (χ3v) is 10.2. The minimum absolute atomic E-state index is 0.126. The van der Waals surface area contributed by atoms with Crippen LogP contribution >= 0.6 is 11.8 Å². The van der Waals surface area contributed by atoms with E-state index in [1.54, 1.807) is 72.8 Å². The van der Waals surface area contributed by atoms with E-state index >= 15 is 0 Å². The number of benzene rings is 3. The van der Waals surface area contributed by atoms with Crippen molar-refractivity contribution in [3.8, 4) is 16.9 Å². The van der Waals surface area contributed by atoms with E-state index < -0.39 is 103 Å². The van der Waals surface area contributed by atoms with Gasteiger partial charge in [0.1, 0.15) is 18.0 Å². The Balaban J connectivity index is 1.69. The van der Waals surface area contributed by atoms with Crippen LogP contribution in [0.5, 0.6) is 5.75 Å². The van der Waals surface area contributed by atoms with E-state index in [0.717, 1.165) is 63.3 Å². The number of rotatable bonds is 17. The largest absolute Gasteiger partial charge is 0.466 e. The SMILES string of the molecule is COC(=O)[C@]1(Sc2ccc(C)cc2)C[C@H](OC(C)=O)[C@@H](NC(=O)COC(C)=O)[C@H]([C@H](OC(C)=O)[C@@H](CNC(=O)Cc2ccc(-c3ccc(OC(C)=O)cc3)cc2)OC(C)=O)O1. The maximum atomic E-state index is 13.9. The lowest BCUT2D eigenvalue weighted by Gasteiger charge is -2.48. The quantitative estimate of drug-likeness (QED) is 0.112. The van der Waals surface area contributed by atoms with Crippen molar-refractivity contribution in [2.45, 2.75) is 94.7 Å². The lowest BCUT2D eigenvalue weighted by Crippen LogP contribution is -2.68. The molecule has 0 saturated carbocycles. The van der Waals surface area contributed by atoms with Crippen LogP contribution < -0.4 is 15.4 Å². The summed E-state index contributed by atoms with van der Waals surface area (Å²) < 4.78 is 38.9. The van der Waals surface area contributed by atoms with Crippen molar-refractivity contribution in [2.24, 2.45) is 0 Å². The monoisotopic (exact) mass is 864 g/mol. The first-order valence-corrected chi connectivity index (χ1v) is 19.8. The number of aryl methyl sites for hydroxylation is 1. The van der Waals surface area contributed by atoms with E-state index in [1.165, 1.54) is 6.92 Å². The van der Waals surface area contributed by atoms with E-state index in [9.17, 15) is 38.4 Å². The second-order valence-electron chi connectivity index (χ2n) is 14.0. The molecular formula is C43H48N2O15S. The van der Waals surface area contributed by atoms with Crippen LogP contribution in [0.4, 0.5) is 0 Å². The molecule has 0 unspecified atom stereocenters. The van der Waals surface area contributed by atoms with Crippen LogP contribution in [0.2, 0.25) is 0 Å². The minimum Gasteiger partial charge on any atom is -0.466 e. The Morgan fingerprint density at radius 2 is 1.36 bits per heavy atom. The molecule has 2 amide bonds. The predicted molar refractivity (Wildman–Crippen MR) is 216 cm³/mol. The Bertz CT molecular complexity index is 2070. The van der Waals surface area contributed by atoms with Gasteiger partial charge in [0.15, 0.2) is 18.8 Å². The molecule has 0 bridgehead atoms. The van der Waals surface area contributed by atoms with Gasteiger partial charge in [-0.1, -0.05) is 65.9 Å². The van der Waals surface area contributed by atoms with Gasteiger partial charge >= 0.3 is 35.8 Å². The molecule has 326 valence electrons. The third-order valence-electron chi connectivity index (χ3n) is 8.98. The molecule has 4 rings (SSSR count). The van der Waals surface area contributed by atoms with Crippen molar-refractivity contribution in [2.75, 3.05) is 20.3 Å². The van der Waals surface area contributed by atoms with Crippen LogP contribution in [0, 0.1) is 6.92 Å². The van der Waals surface area contributed by atoms with Gasteiger partial charge in [-0.25, -0.2) is 4.79 Å². The summed E-state index contributed by atoms with van der Waals surface area (Å²) in [7, 11) is 1.12. The van der Waals surface area contributed by atoms with Crippen molar-refractivity contribution in [1.82, 2.24) is 10.6 Å². The number of methoxy groups -OCH3 is 1. The molecule has 1 heterocycles. The topological polar surface area (TPSA) is 225 Å². The summed E-state index contributed by atoms with van der Waals surface area (Å²) in [5.41, 5.74) is 3.19. The number of nitrogens with one attached hydrogen (secondary N) is 2. The lowest BCUT2D eigenvalue weighted by atomic mass is 9.89. The van der Waals surface area contributed by atoms with Crippen LogP contribution in [0.15, 0.2) is 77.7 Å². The predicted octanol–water partition coefficient (Wildman–Crippen LogP) is 3.54. The first-order valence-electron chi connectivity index (χ1n) is 19.0. The third kappa shape index (κ3) is 14.2. The molecule has 61 heavy (non-hydrogen) atoms. The molecule has 2 N–H and O–H groups in total. The highest BCUT2D eigenvalue weighted by Crippen LogP contribution is 2.46. The Hall–Kier alpha value is -6.27. The molecule has 17 nitrogen and oxygen atoms in total. The number of hydrogen-bond donors (Lipinski definition) is 2. The summed E-state index contributed by atoms with van der Waals surface area (Å²) in [4.78, 5) is 99.9. The summed E-state index contributed by atoms with van der Waals surface area (Å²) in [5.74, 6) is -5.74. The van der Waals surface area contributed by atoms with Gasteiger partial charge in [-0.15, -0.1) is 0 Å². The van der Waals surface area contributed by atoms with E-state index in [0.29, 0.717) is 16.2 Å². The number of ether oxygens (including phenoxy) is 7. The Kier molecular flexibility index (Phi) is 17.0. The highest BCUT2D eigenvalue weighted by atomic mass is 32.2. The summed E-state index contributed by atoms with van der Waals surface area (Å²) in [6.45, 7) is 6.27. The number of thioether (sulfide) groups is 1. The van der Waals surface area contributed by atoms with Crippen LogP contribution in [0.25, 0.3) is 11.1 Å². The second kappa shape index (κ2) is 21.8. The summed E-state index contributed by atoms with van der Waals surface area (Å²) in [6, 6.07) is 19.5. The molecule has 0 radical (unpaired) electrons. The Morgan fingerprint density at radius 3 is 1.90 bits per heavy atom. The van der Waals surface area contributed by atoms with Crippen molar-refractivity contribution >= 4 is 59.4 Å². The van der Waals surface area contributed by atoms with Gasteiger partial charge in [0, 0.05) is 45.9 Å². The van der Waals surface area contributed by atoms with Crippen LogP contribution in [-0.4, -0.2) is 103 Å². The molecule has 0 aromatic heterocycles. The maximum Gasteiger partial charge on any atom is 0.349 e. The first kappa shape index (κ1) is 47.4. The van der Waals surface area contributed by atoms with Gasteiger partial charge in [-0.2, -0.15) is 0 Å². The molecular weight excluding hydrogens is 817 g/mol. The van der Waals surface area contributed by atoms with Gasteiger partial charge in [0.2, 0.25) is 10.8 Å². The highest BCUT2D eigenvalue weighted by Gasteiger charge is 2.59. The normalized spacial score (nSPS) is 19.2. The Labute approximate surface area is 356 Å². The van der Waals surface area contributed by atoms with Gasteiger partial charge in [-0.3, -0.25) is 33.6 Å². The molecule has 3 aromatic carbocycles. The average molecular weight is 865 g/mol. The average Bonchev–Trinajstić information content (AvgIpc) is 3.19. The molecule has 1 aliphatic heterocycles. The zero-order valence-electron chi connectivity index (χ0n) is 34.7. The van der Waals surface area contributed by atoms with Gasteiger partial charge < -0.3 is 43.8 Å². The highest BCUT2D eigenvalue weighted by molar-refractivity contribution is 8.01. The lowest BCUT2D eigenvalue weighted by molar-refractivity contribution is -0.221. The van der Waals surface area contributed by atoms with Crippen LogP contribution in [0.1, 0.15) is 52.2 Å². The fraction of sp³-hybridized carbons (Fsp3) is 0.395. The first-order chi connectivity index (χ1) is 28.9.